The van der Waals surface area contributed by atoms with Crippen molar-refractivity contribution in [3.05, 3.63) is 28.8 Å². The Morgan fingerprint density at radius 1 is 1.09 bits per heavy atom. The predicted molar refractivity (Wildman–Crippen MR) is 95.7 cm³/mol. The van der Waals surface area contributed by atoms with Gasteiger partial charge in [-0.05, 0) is 42.3 Å². The van der Waals surface area contributed by atoms with Gasteiger partial charge in [-0.25, -0.2) is 0 Å². The van der Waals surface area contributed by atoms with Crippen LogP contribution in [0.3, 0.4) is 0 Å². The summed E-state index contributed by atoms with van der Waals surface area (Å²) in [5.74, 6) is 1.13. The number of benzene rings is 1. The molecule has 0 radical (unpaired) electrons. The Labute approximate surface area is 140 Å². The molecule has 1 aliphatic heterocycles. The molecule has 128 valence electrons. The Morgan fingerprint density at radius 3 is 1.96 bits per heavy atom. The fraction of sp³-hybridized carbons (Fsp3) is 0.650. The molecule has 1 aromatic rings. The van der Waals surface area contributed by atoms with Crippen molar-refractivity contribution < 1.29 is 9.53 Å². The minimum Gasteiger partial charge on any atom is -0.496 e. The third-order valence-corrected chi connectivity index (χ3v) is 4.57. The van der Waals surface area contributed by atoms with Gasteiger partial charge in [0.25, 0.3) is 0 Å². The normalized spacial score (nSPS) is 19.0. The molecule has 23 heavy (non-hydrogen) atoms. The molecule has 0 amide bonds. The molecule has 0 bridgehead atoms. The molecule has 2 rings (SSSR count). The zero-order valence-corrected chi connectivity index (χ0v) is 15.7. The zero-order chi connectivity index (χ0) is 17.4. The van der Waals surface area contributed by atoms with Crippen LogP contribution >= 0.6 is 0 Å². The van der Waals surface area contributed by atoms with Crippen LogP contribution in [0.4, 0.5) is 0 Å². The molecule has 3 heteroatoms. The van der Waals surface area contributed by atoms with Crippen molar-refractivity contribution >= 4 is 5.78 Å². The van der Waals surface area contributed by atoms with Crippen LogP contribution in [0.25, 0.3) is 0 Å². The van der Waals surface area contributed by atoms with Gasteiger partial charge >= 0.3 is 0 Å². The summed E-state index contributed by atoms with van der Waals surface area (Å²) in [6.45, 7) is 13.9. The fourth-order valence-electron chi connectivity index (χ4n) is 3.21. The van der Waals surface area contributed by atoms with E-state index in [9.17, 15) is 4.79 Å². The summed E-state index contributed by atoms with van der Waals surface area (Å²) >= 11 is 0. The van der Waals surface area contributed by atoms with Gasteiger partial charge in [0.1, 0.15) is 5.75 Å². The number of nitrogens with one attached hydrogen (secondary N) is 1. The largest absolute Gasteiger partial charge is 0.496 e. The number of hydrogen-bond acceptors (Lipinski definition) is 3. The lowest BCUT2D eigenvalue weighted by Crippen LogP contribution is -2.31. The number of ether oxygens (including phenoxy) is 1. The van der Waals surface area contributed by atoms with Crippen molar-refractivity contribution in [3.8, 4) is 5.75 Å². The van der Waals surface area contributed by atoms with Crippen LogP contribution in [0, 0.1) is 0 Å². The monoisotopic (exact) mass is 317 g/mol. The first kappa shape index (κ1) is 18.0. The average Bonchev–Trinajstić information content (AvgIpc) is 2.97. The van der Waals surface area contributed by atoms with E-state index >= 15 is 0 Å². The standard InChI is InChI=1S/C20H31NO2/c1-19(2,3)14-11-13(17(22)16-9-8-10-21-16)12-15(18(14)23-7)20(4,5)6/h11-12,16,21H,8-10H2,1-7H3. The number of ketones is 1. The molecule has 0 saturated carbocycles. The Bertz CT molecular complexity index is 550. The quantitative estimate of drug-likeness (QED) is 0.848. The summed E-state index contributed by atoms with van der Waals surface area (Å²) in [6, 6.07) is 4.04. The summed E-state index contributed by atoms with van der Waals surface area (Å²) in [4.78, 5) is 12.9. The molecule has 1 N–H and O–H groups in total. The van der Waals surface area contributed by atoms with Gasteiger partial charge in [0.05, 0.1) is 13.2 Å². The van der Waals surface area contributed by atoms with Crippen molar-refractivity contribution in [1.29, 1.82) is 0 Å². The molecule has 0 aromatic heterocycles. The van der Waals surface area contributed by atoms with Gasteiger partial charge in [-0.2, -0.15) is 0 Å². The molecule has 1 saturated heterocycles. The summed E-state index contributed by atoms with van der Waals surface area (Å²) in [5, 5.41) is 3.32. The molecule has 3 nitrogen and oxygen atoms in total. The van der Waals surface area contributed by atoms with Crippen LogP contribution in [0.2, 0.25) is 0 Å². The van der Waals surface area contributed by atoms with Crippen molar-refractivity contribution in [3.63, 3.8) is 0 Å². The van der Waals surface area contributed by atoms with E-state index in [4.69, 9.17) is 4.74 Å². The SMILES string of the molecule is COc1c(C(C)(C)C)cc(C(=O)C2CCCN2)cc1C(C)(C)C. The van der Waals surface area contributed by atoms with Crippen LogP contribution in [0.15, 0.2) is 12.1 Å². The maximum atomic E-state index is 12.9. The third kappa shape index (κ3) is 3.77. The van der Waals surface area contributed by atoms with Crippen LogP contribution in [-0.4, -0.2) is 25.5 Å². The minimum absolute atomic E-state index is 0.0379. The second kappa shape index (κ2) is 6.27. The molecule has 1 fully saturated rings. The summed E-state index contributed by atoms with van der Waals surface area (Å²) < 4.78 is 5.76. The Hall–Kier alpha value is -1.35. The summed E-state index contributed by atoms with van der Waals surface area (Å²) in [5.41, 5.74) is 2.86. The van der Waals surface area contributed by atoms with Gasteiger partial charge in [-0.1, -0.05) is 41.5 Å². The Balaban J connectivity index is 2.62. The highest BCUT2D eigenvalue weighted by Gasteiger charge is 2.31. The van der Waals surface area contributed by atoms with Gasteiger partial charge in [-0.15, -0.1) is 0 Å². The summed E-state index contributed by atoms with van der Waals surface area (Å²) in [6.07, 6.45) is 2.01. The lowest BCUT2D eigenvalue weighted by molar-refractivity contribution is 0.0952. The van der Waals surface area contributed by atoms with E-state index in [0.29, 0.717) is 0 Å². The highest BCUT2D eigenvalue weighted by molar-refractivity contribution is 6.01. The van der Waals surface area contributed by atoms with Gasteiger partial charge in [0.15, 0.2) is 5.78 Å². The molecular formula is C20H31NO2. The molecule has 0 aliphatic carbocycles. The number of hydrogen-bond donors (Lipinski definition) is 1. The van der Waals surface area contributed by atoms with Crippen molar-refractivity contribution in [2.45, 2.75) is 71.3 Å². The second-order valence-corrected chi connectivity index (χ2v) is 8.62. The first-order chi connectivity index (χ1) is 10.6. The van der Waals surface area contributed by atoms with Crippen molar-refractivity contribution in [2.75, 3.05) is 13.7 Å². The number of carbonyl (C=O) groups excluding carboxylic acids is 1. The van der Waals surface area contributed by atoms with Crippen LogP contribution in [0.5, 0.6) is 5.75 Å². The zero-order valence-electron chi connectivity index (χ0n) is 15.7. The van der Waals surface area contributed by atoms with E-state index in [1.54, 1.807) is 7.11 Å². The number of methoxy groups -OCH3 is 1. The van der Waals surface area contributed by atoms with E-state index in [2.05, 4.69) is 46.9 Å². The highest BCUT2D eigenvalue weighted by atomic mass is 16.5. The first-order valence-electron chi connectivity index (χ1n) is 8.56. The molecule has 1 aliphatic rings. The summed E-state index contributed by atoms with van der Waals surface area (Å²) in [7, 11) is 1.72. The first-order valence-corrected chi connectivity index (χ1v) is 8.56. The van der Waals surface area contributed by atoms with Gasteiger partial charge in [0, 0.05) is 16.7 Å². The minimum atomic E-state index is -0.0786. The number of Topliss-reactive ketones (excluding diaryl/α,β-unsaturated/α-hetero) is 1. The molecule has 1 atom stereocenters. The van der Waals surface area contributed by atoms with Crippen LogP contribution in [-0.2, 0) is 10.8 Å². The second-order valence-electron chi connectivity index (χ2n) is 8.62. The lowest BCUT2D eigenvalue weighted by Gasteiger charge is -2.30. The molecule has 1 heterocycles. The smallest absolute Gasteiger partial charge is 0.179 e. The van der Waals surface area contributed by atoms with E-state index in [1.807, 2.05) is 12.1 Å². The Kier molecular flexibility index (Phi) is 4.91. The van der Waals surface area contributed by atoms with Crippen LogP contribution < -0.4 is 10.1 Å². The molecule has 0 spiro atoms. The van der Waals surface area contributed by atoms with E-state index in [-0.39, 0.29) is 22.7 Å². The van der Waals surface area contributed by atoms with Gasteiger partial charge < -0.3 is 10.1 Å². The number of rotatable bonds is 3. The Morgan fingerprint density at radius 2 is 1.61 bits per heavy atom. The van der Waals surface area contributed by atoms with Crippen molar-refractivity contribution in [1.82, 2.24) is 5.32 Å². The fourth-order valence-corrected chi connectivity index (χ4v) is 3.21. The average molecular weight is 317 g/mol. The molecule has 1 aromatic carbocycles. The van der Waals surface area contributed by atoms with Gasteiger partial charge in [-0.3, -0.25) is 4.79 Å². The van der Waals surface area contributed by atoms with E-state index in [1.165, 1.54) is 0 Å². The van der Waals surface area contributed by atoms with Crippen LogP contribution in [0.1, 0.15) is 75.9 Å². The van der Waals surface area contributed by atoms with Crippen molar-refractivity contribution in [2.24, 2.45) is 0 Å². The van der Waals surface area contributed by atoms with Gasteiger partial charge in [0.2, 0.25) is 0 Å². The molecular weight excluding hydrogens is 286 g/mol. The maximum absolute atomic E-state index is 12.9. The number of carbonyl (C=O) groups is 1. The lowest BCUT2D eigenvalue weighted by atomic mass is 9.77. The topological polar surface area (TPSA) is 38.3 Å². The van der Waals surface area contributed by atoms with E-state index < -0.39 is 0 Å². The maximum Gasteiger partial charge on any atom is 0.179 e. The predicted octanol–water partition coefficient (Wildman–Crippen LogP) is 4.22. The van der Waals surface area contributed by atoms with E-state index in [0.717, 1.165) is 41.8 Å². The molecule has 1 unspecified atom stereocenters. The third-order valence-electron chi connectivity index (χ3n) is 4.57. The highest BCUT2D eigenvalue weighted by Crippen LogP contribution is 2.40.